The maximum absolute atomic E-state index is 2.31. The van der Waals surface area contributed by atoms with Crippen LogP contribution in [0.4, 0.5) is 0 Å². The summed E-state index contributed by atoms with van der Waals surface area (Å²) in [5.41, 5.74) is 6.89. The molecule has 0 aliphatic rings. The fourth-order valence-corrected chi connectivity index (χ4v) is 3.53. The first kappa shape index (κ1) is 18.5. The van der Waals surface area contributed by atoms with Gasteiger partial charge in [-0.05, 0) is 53.0 Å². The van der Waals surface area contributed by atoms with Crippen LogP contribution in [0, 0.1) is 0 Å². The summed E-state index contributed by atoms with van der Waals surface area (Å²) in [7, 11) is 0. The number of benzene rings is 3. The van der Waals surface area contributed by atoms with Gasteiger partial charge >= 0.3 is 0 Å². The van der Waals surface area contributed by atoms with Gasteiger partial charge in [-0.3, -0.25) is 0 Å². The van der Waals surface area contributed by atoms with Crippen LogP contribution in [0.25, 0.3) is 11.1 Å². The van der Waals surface area contributed by atoms with Crippen molar-refractivity contribution >= 4 is 0 Å². The maximum atomic E-state index is 2.31. The molecule has 0 aliphatic heterocycles. The summed E-state index contributed by atoms with van der Waals surface area (Å²) < 4.78 is 0. The van der Waals surface area contributed by atoms with Gasteiger partial charge in [0.05, 0.1) is 0 Å². The Morgan fingerprint density at radius 2 is 1.27 bits per heavy atom. The normalized spacial score (nSPS) is 12.1. The SMILES string of the molecule is CCCCCc1ccc(-c2ccc(C(C)Cc3ccccc3)cc2)cc1. The third-order valence-corrected chi connectivity index (χ3v) is 5.22. The monoisotopic (exact) mass is 342 g/mol. The fraction of sp³-hybridized carbons (Fsp3) is 0.308. The van der Waals surface area contributed by atoms with E-state index in [0.29, 0.717) is 5.92 Å². The molecule has 3 aromatic rings. The highest BCUT2D eigenvalue weighted by molar-refractivity contribution is 5.64. The molecule has 0 saturated heterocycles. The molecule has 0 nitrogen and oxygen atoms in total. The van der Waals surface area contributed by atoms with Crippen molar-refractivity contribution < 1.29 is 0 Å². The Morgan fingerprint density at radius 1 is 0.654 bits per heavy atom. The molecule has 3 rings (SSSR count). The Balaban J connectivity index is 1.63. The highest BCUT2D eigenvalue weighted by Crippen LogP contribution is 2.25. The molecule has 1 unspecified atom stereocenters. The van der Waals surface area contributed by atoms with Crippen molar-refractivity contribution in [2.45, 2.75) is 51.9 Å². The van der Waals surface area contributed by atoms with Crippen LogP contribution in [0.15, 0.2) is 78.9 Å². The van der Waals surface area contributed by atoms with Crippen molar-refractivity contribution in [1.29, 1.82) is 0 Å². The molecule has 0 N–H and O–H groups in total. The summed E-state index contributed by atoms with van der Waals surface area (Å²) >= 11 is 0. The van der Waals surface area contributed by atoms with Crippen molar-refractivity contribution in [3.63, 3.8) is 0 Å². The molecule has 0 heteroatoms. The van der Waals surface area contributed by atoms with Gasteiger partial charge in [0, 0.05) is 0 Å². The van der Waals surface area contributed by atoms with Gasteiger partial charge in [0.25, 0.3) is 0 Å². The second-order valence-electron chi connectivity index (χ2n) is 7.37. The predicted octanol–water partition coefficient (Wildman–Crippen LogP) is 7.43. The molecule has 0 aliphatic carbocycles. The van der Waals surface area contributed by atoms with Crippen LogP contribution in [0.3, 0.4) is 0 Å². The Kier molecular flexibility index (Phi) is 6.66. The zero-order valence-electron chi connectivity index (χ0n) is 16.1. The van der Waals surface area contributed by atoms with Crippen LogP contribution < -0.4 is 0 Å². The predicted molar refractivity (Wildman–Crippen MR) is 114 cm³/mol. The first-order valence-corrected chi connectivity index (χ1v) is 9.99. The average molecular weight is 343 g/mol. The van der Waals surface area contributed by atoms with Crippen LogP contribution in [-0.2, 0) is 12.8 Å². The molecule has 1 atom stereocenters. The largest absolute Gasteiger partial charge is 0.0654 e. The molecule has 134 valence electrons. The number of rotatable bonds is 8. The zero-order chi connectivity index (χ0) is 18.2. The number of aryl methyl sites for hydroxylation is 1. The van der Waals surface area contributed by atoms with Gasteiger partial charge in [-0.25, -0.2) is 0 Å². The first-order valence-electron chi connectivity index (χ1n) is 9.99. The van der Waals surface area contributed by atoms with E-state index in [2.05, 4.69) is 92.7 Å². The van der Waals surface area contributed by atoms with E-state index in [9.17, 15) is 0 Å². The van der Waals surface area contributed by atoms with E-state index in [-0.39, 0.29) is 0 Å². The lowest BCUT2D eigenvalue weighted by molar-refractivity contribution is 0.717. The van der Waals surface area contributed by atoms with E-state index in [4.69, 9.17) is 0 Å². The summed E-state index contributed by atoms with van der Waals surface area (Å²) in [6, 6.07) is 29.0. The molecule has 0 radical (unpaired) electrons. The van der Waals surface area contributed by atoms with Crippen molar-refractivity contribution in [2.24, 2.45) is 0 Å². The van der Waals surface area contributed by atoms with Gasteiger partial charge in [-0.2, -0.15) is 0 Å². The molecule has 3 aromatic carbocycles. The van der Waals surface area contributed by atoms with Crippen LogP contribution in [0.2, 0.25) is 0 Å². The van der Waals surface area contributed by atoms with Crippen LogP contribution in [-0.4, -0.2) is 0 Å². The van der Waals surface area contributed by atoms with Crippen molar-refractivity contribution in [3.05, 3.63) is 95.6 Å². The minimum atomic E-state index is 0.535. The van der Waals surface area contributed by atoms with Crippen LogP contribution >= 0.6 is 0 Å². The second-order valence-corrected chi connectivity index (χ2v) is 7.37. The summed E-state index contributed by atoms with van der Waals surface area (Å²) in [5, 5.41) is 0. The van der Waals surface area contributed by atoms with E-state index < -0.39 is 0 Å². The third kappa shape index (κ3) is 5.08. The Labute approximate surface area is 158 Å². The van der Waals surface area contributed by atoms with Crippen molar-refractivity contribution in [2.75, 3.05) is 0 Å². The Morgan fingerprint density at radius 3 is 1.88 bits per heavy atom. The standard InChI is InChI=1S/C26H30/c1-3-4-6-9-22-12-14-25(15-13-22)26-18-16-24(17-19-26)21(2)20-23-10-7-5-8-11-23/h5,7-8,10-19,21H,3-4,6,9,20H2,1-2H3. The second kappa shape index (κ2) is 9.38. The van der Waals surface area contributed by atoms with E-state index in [1.807, 2.05) is 0 Å². The zero-order valence-corrected chi connectivity index (χ0v) is 16.1. The maximum Gasteiger partial charge on any atom is -0.0150 e. The lowest BCUT2D eigenvalue weighted by Crippen LogP contribution is -1.98. The van der Waals surface area contributed by atoms with E-state index >= 15 is 0 Å². The quantitative estimate of drug-likeness (QED) is 0.373. The summed E-state index contributed by atoms with van der Waals surface area (Å²) in [5.74, 6) is 0.535. The summed E-state index contributed by atoms with van der Waals surface area (Å²) in [6.07, 6.45) is 6.19. The minimum Gasteiger partial charge on any atom is -0.0654 e. The molecular formula is C26H30. The molecule has 0 fully saturated rings. The van der Waals surface area contributed by atoms with Crippen molar-refractivity contribution in [3.8, 4) is 11.1 Å². The van der Waals surface area contributed by atoms with Gasteiger partial charge in [0.15, 0.2) is 0 Å². The summed E-state index contributed by atoms with van der Waals surface area (Å²) in [6.45, 7) is 4.57. The smallest absolute Gasteiger partial charge is 0.0150 e. The van der Waals surface area contributed by atoms with Crippen LogP contribution in [0.1, 0.15) is 55.7 Å². The first-order chi connectivity index (χ1) is 12.8. The number of unbranched alkanes of at least 4 members (excludes halogenated alkanes) is 2. The molecule has 0 aromatic heterocycles. The average Bonchev–Trinajstić information content (AvgIpc) is 2.70. The molecule has 26 heavy (non-hydrogen) atoms. The third-order valence-electron chi connectivity index (χ3n) is 5.22. The molecule has 0 amide bonds. The summed E-state index contributed by atoms with van der Waals surface area (Å²) in [4.78, 5) is 0. The molecule has 0 spiro atoms. The Bertz CT molecular complexity index is 767. The Hall–Kier alpha value is -2.34. The fourth-order valence-electron chi connectivity index (χ4n) is 3.53. The van der Waals surface area contributed by atoms with Crippen molar-refractivity contribution in [1.82, 2.24) is 0 Å². The minimum absolute atomic E-state index is 0.535. The lowest BCUT2D eigenvalue weighted by atomic mass is 9.92. The van der Waals surface area contributed by atoms with Gasteiger partial charge in [-0.1, -0.05) is 106 Å². The van der Waals surface area contributed by atoms with Crippen LogP contribution in [0.5, 0.6) is 0 Å². The van der Waals surface area contributed by atoms with Gasteiger partial charge in [-0.15, -0.1) is 0 Å². The molecular weight excluding hydrogens is 312 g/mol. The van der Waals surface area contributed by atoms with Gasteiger partial charge < -0.3 is 0 Å². The molecule has 0 bridgehead atoms. The number of hydrogen-bond acceptors (Lipinski definition) is 0. The highest BCUT2D eigenvalue weighted by atomic mass is 14.1. The number of hydrogen-bond donors (Lipinski definition) is 0. The lowest BCUT2D eigenvalue weighted by Gasteiger charge is -2.13. The van der Waals surface area contributed by atoms with E-state index in [1.165, 1.54) is 53.5 Å². The molecule has 0 heterocycles. The topological polar surface area (TPSA) is 0 Å². The molecule has 0 saturated carbocycles. The van der Waals surface area contributed by atoms with Gasteiger partial charge in [0.1, 0.15) is 0 Å². The highest BCUT2D eigenvalue weighted by Gasteiger charge is 2.07. The van der Waals surface area contributed by atoms with Gasteiger partial charge in [0.2, 0.25) is 0 Å². The van der Waals surface area contributed by atoms with E-state index in [0.717, 1.165) is 6.42 Å². The van der Waals surface area contributed by atoms with E-state index in [1.54, 1.807) is 0 Å².